The third-order valence-electron chi connectivity index (χ3n) is 4.16. The highest BCUT2D eigenvalue weighted by atomic mass is 32.2. The minimum Gasteiger partial charge on any atom is -0.324 e. The van der Waals surface area contributed by atoms with Gasteiger partial charge < -0.3 is 4.57 Å². The maximum absolute atomic E-state index is 13.0. The molecule has 0 saturated carbocycles. The molecule has 3 rings (SSSR count). The molecule has 3 aromatic heterocycles. The zero-order valence-electron chi connectivity index (χ0n) is 14.8. The van der Waals surface area contributed by atoms with Gasteiger partial charge in [-0.25, -0.2) is 18.4 Å². The van der Waals surface area contributed by atoms with Gasteiger partial charge in [-0.15, -0.1) is 0 Å². The van der Waals surface area contributed by atoms with E-state index in [4.69, 9.17) is 0 Å². The van der Waals surface area contributed by atoms with E-state index in [2.05, 4.69) is 15.0 Å². The molecule has 0 fully saturated rings. The quantitative estimate of drug-likeness (QED) is 0.581. The maximum atomic E-state index is 13.0. The molecule has 3 aromatic rings. The average Bonchev–Trinajstić information content (AvgIpc) is 2.96. The smallest absolute Gasteiger partial charge is 0.324 e. The zero-order chi connectivity index (χ0) is 21.8. The molecule has 156 valence electrons. The van der Waals surface area contributed by atoms with Crippen molar-refractivity contribution in [2.45, 2.75) is 24.2 Å². The Hall–Kier alpha value is -2.70. The number of sulfone groups is 1. The number of nitrogens with zero attached hydrogens (tertiary/aromatic N) is 4. The fourth-order valence-corrected chi connectivity index (χ4v) is 3.67. The highest BCUT2D eigenvalue weighted by Crippen LogP contribution is 2.35. The van der Waals surface area contributed by atoms with Gasteiger partial charge in [0.2, 0.25) is 0 Å². The van der Waals surface area contributed by atoms with Crippen molar-refractivity contribution in [1.82, 2.24) is 19.5 Å². The summed E-state index contributed by atoms with van der Waals surface area (Å²) in [6.07, 6.45) is -8.22. The van der Waals surface area contributed by atoms with Gasteiger partial charge in [-0.2, -0.15) is 26.3 Å². The van der Waals surface area contributed by atoms with E-state index in [0.717, 1.165) is 6.20 Å². The molecule has 13 heteroatoms. The molecule has 0 aromatic carbocycles. The molecule has 29 heavy (non-hydrogen) atoms. The molecular weight excluding hydrogens is 426 g/mol. The number of halogens is 6. The molecule has 3 heterocycles. The van der Waals surface area contributed by atoms with Gasteiger partial charge >= 0.3 is 12.4 Å². The standard InChI is InChI=1S/C16H12F6N4O2S/c1-3-29(27,28)11-4-8(15(17,18)19)6-24-13(11)14-25-9-5-12(16(20,21)22)23-7-10(9)26(14)2/h4-7H,3H2,1-2H3. The van der Waals surface area contributed by atoms with E-state index in [1.165, 1.54) is 18.5 Å². The minimum atomic E-state index is -4.83. The molecule has 0 aliphatic heterocycles. The maximum Gasteiger partial charge on any atom is 0.433 e. The number of hydrogen-bond donors (Lipinski definition) is 0. The van der Waals surface area contributed by atoms with Gasteiger partial charge in [0.1, 0.15) is 11.4 Å². The van der Waals surface area contributed by atoms with Crippen molar-refractivity contribution in [3.63, 3.8) is 0 Å². The van der Waals surface area contributed by atoms with Gasteiger partial charge in [-0.1, -0.05) is 6.92 Å². The van der Waals surface area contributed by atoms with Crippen LogP contribution in [-0.4, -0.2) is 33.7 Å². The summed E-state index contributed by atoms with van der Waals surface area (Å²) < 4.78 is 104. The number of rotatable bonds is 3. The molecule has 0 unspecified atom stereocenters. The predicted molar refractivity (Wildman–Crippen MR) is 89.5 cm³/mol. The van der Waals surface area contributed by atoms with Gasteiger partial charge in [-0.3, -0.25) is 4.98 Å². The van der Waals surface area contributed by atoms with Crippen molar-refractivity contribution >= 4 is 20.9 Å². The van der Waals surface area contributed by atoms with E-state index in [-0.39, 0.29) is 16.9 Å². The lowest BCUT2D eigenvalue weighted by atomic mass is 10.2. The summed E-state index contributed by atoms with van der Waals surface area (Å²) in [6, 6.07) is 1.11. The van der Waals surface area contributed by atoms with Gasteiger partial charge in [0.05, 0.1) is 33.4 Å². The number of fused-ring (bicyclic) bond motifs is 1. The van der Waals surface area contributed by atoms with Crippen LogP contribution in [0.15, 0.2) is 29.4 Å². The molecule has 0 amide bonds. The van der Waals surface area contributed by atoms with Crippen molar-refractivity contribution in [2.24, 2.45) is 7.05 Å². The van der Waals surface area contributed by atoms with Crippen LogP contribution in [0.4, 0.5) is 26.3 Å². The average molecular weight is 438 g/mol. The van der Waals surface area contributed by atoms with E-state index in [1.54, 1.807) is 0 Å². The lowest BCUT2D eigenvalue weighted by Gasteiger charge is -2.12. The summed E-state index contributed by atoms with van der Waals surface area (Å²) >= 11 is 0. The molecule has 0 spiro atoms. The van der Waals surface area contributed by atoms with Crippen molar-refractivity contribution < 1.29 is 34.8 Å². The van der Waals surface area contributed by atoms with Crippen molar-refractivity contribution in [3.8, 4) is 11.5 Å². The minimum absolute atomic E-state index is 0.120. The monoisotopic (exact) mass is 438 g/mol. The topological polar surface area (TPSA) is 77.7 Å². The Morgan fingerprint density at radius 2 is 1.66 bits per heavy atom. The molecular formula is C16H12F6N4O2S. The number of aryl methyl sites for hydroxylation is 1. The third-order valence-corrected chi connectivity index (χ3v) is 5.91. The number of hydrogen-bond acceptors (Lipinski definition) is 5. The lowest BCUT2D eigenvalue weighted by molar-refractivity contribution is -0.141. The van der Waals surface area contributed by atoms with E-state index in [9.17, 15) is 34.8 Å². The predicted octanol–water partition coefficient (Wildman–Crippen LogP) is 3.86. The molecule has 0 N–H and O–H groups in total. The largest absolute Gasteiger partial charge is 0.433 e. The van der Waals surface area contributed by atoms with Crippen LogP contribution in [0.25, 0.3) is 22.6 Å². The van der Waals surface area contributed by atoms with Gasteiger partial charge in [0.25, 0.3) is 0 Å². The van der Waals surface area contributed by atoms with Crippen molar-refractivity contribution in [3.05, 3.63) is 35.8 Å². The van der Waals surface area contributed by atoms with Crippen molar-refractivity contribution in [1.29, 1.82) is 0 Å². The Morgan fingerprint density at radius 3 is 2.21 bits per heavy atom. The molecule has 0 radical (unpaired) electrons. The zero-order valence-corrected chi connectivity index (χ0v) is 15.6. The molecule has 0 saturated heterocycles. The highest BCUT2D eigenvalue weighted by molar-refractivity contribution is 7.91. The molecule has 0 atom stereocenters. The SMILES string of the molecule is CCS(=O)(=O)c1cc(C(F)(F)F)cnc1-c1nc2cc(C(F)(F)F)ncc2n1C. The Morgan fingerprint density at radius 1 is 1.00 bits per heavy atom. The summed E-state index contributed by atoms with van der Waals surface area (Å²) in [7, 11) is -2.79. The first-order valence-corrected chi connectivity index (χ1v) is 9.61. The van der Waals surface area contributed by atoms with Crippen LogP contribution in [0.5, 0.6) is 0 Å². The van der Waals surface area contributed by atoms with Crippen LogP contribution < -0.4 is 0 Å². The summed E-state index contributed by atoms with van der Waals surface area (Å²) in [5, 5.41) is 0. The van der Waals surface area contributed by atoms with Gasteiger partial charge in [0.15, 0.2) is 15.7 Å². The van der Waals surface area contributed by atoms with Crippen LogP contribution in [-0.2, 0) is 29.2 Å². The summed E-state index contributed by atoms with van der Waals surface area (Å²) in [5.74, 6) is -0.714. The molecule has 0 bridgehead atoms. The van der Waals surface area contributed by atoms with Crippen molar-refractivity contribution in [2.75, 3.05) is 5.75 Å². The van der Waals surface area contributed by atoms with Gasteiger partial charge in [-0.05, 0) is 12.1 Å². The summed E-state index contributed by atoms with van der Waals surface area (Å²) in [5.41, 5.74) is -2.92. The first-order valence-electron chi connectivity index (χ1n) is 7.95. The van der Waals surface area contributed by atoms with Crippen LogP contribution in [0.2, 0.25) is 0 Å². The third kappa shape index (κ3) is 3.78. The summed E-state index contributed by atoms with van der Waals surface area (Å²) in [6.45, 7) is 1.24. The van der Waals surface area contributed by atoms with Crippen LogP contribution in [0, 0.1) is 0 Å². The lowest BCUT2D eigenvalue weighted by Crippen LogP contribution is -2.13. The number of aromatic nitrogens is 4. The number of alkyl halides is 6. The van der Waals surface area contributed by atoms with E-state index < -0.39 is 49.8 Å². The Kier molecular flexibility index (Phi) is 4.84. The van der Waals surface area contributed by atoms with E-state index >= 15 is 0 Å². The number of imidazole rings is 1. The van der Waals surface area contributed by atoms with E-state index in [1.807, 2.05) is 0 Å². The second-order valence-electron chi connectivity index (χ2n) is 6.02. The molecule has 6 nitrogen and oxygen atoms in total. The second kappa shape index (κ2) is 6.68. The fourth-order valence-electron chi connectivity index (χ4n) is 2.62. The summed E-state index contributed by atoms with van der Waals surface area (Å²) in [4.78, 5) is 10.2. The Bertz CT molecular complexity index is 1200. The Labute approximate surface area is 160 Å². The van der Waals surface area contributed by atoms with Gasteiger partial charge in [0, 0.05) is 13.2 Å². The van der Waals surface area contributed by atoms with Crippen LogP contribution >= 0.6 is 0 Å². The normalized spacial score (nSPS) is 13.2. The second-order valence-corrected chi connectivity index (χ2v) is 8.27. The van der Waals surface area contributed by atoms with E-state index in [0.29, 0.717) is 18.3 Å². The Balaban J connectivity index is 2.30. The molecule has 0 aliphatic rings. The first-order chi connectivity index (χ1) is 13.3. The van der Waals surface area contributed by atoms with Crippen LogP contribution in [0.1, 0.15) is 18.2 Å². The highest BCUT2D eigenvalue weighted by Gasteiger charge is 2.35. The first kappa shape index (κ1) is 21.0. The fraction of sp³-hybridized carbons (Fsp3) is 0.312. The number of pyridine rings is 2. The van der Waals surface area contributed by atoms with Crippen LogP contribution in [0.3, 0.4) is 0 Å². The molecule has 0 aliphatic carbocycles.